The van der Waals surface area contributed by atoms with Crippen LogP contribution >= 0.6 is 7.52 Å². The Labute approximate surface area is 181 Å². The van der Waals surface area contributed by atoms with Gasteiger partial charge in [0.1, 0.15) is 18.1 Å². The number of hydrogen-bond donors (Lipinski definition) is 1. The summed E-state index contributed by atoms with van der Waals surface area (Å²) in [6, 6.07) is 5.34. The van der Waals surface area contributed by atoms with E-state index in [0.717, 1.165) is 11.1 Å². The molecule has 3 unspecified atom stereocenters. The second-order valence-corrected chi connectivity index (χ2v) is 10.8. The molecule has 30 heavy (non-hydrogen) atoms. The Morgan fingerprint density at radius 1 is 1.13 bits per heavy atom. The summed E-state index contributed by atoms with van der Waals surface area (Å²) in [6.45, 7) is 13.8. The van der Waals surface area contributed by atoms with Crippen molar-refractivity contribution in [2.45, 2.75) is 85.3 Å². The van der Waals surface area contributed by atoms with Gasteiger partial charge in [0.05, 0.1) is 6.10 Å². The fourth-order valence-corrected chi connectivity index (χ4v) is 5.28. The molecule has 170 valence electrons. The number of carbonyl (C=O) groups is 1. The number of ether oxygens (including phenoxy) is 2. The van der Waals surface area contributed by atoms with E-state index in [4.69, 9.17) is 14.0 Å². The zero-order valence-electron chi connectivity index (χ0n) is 19.4. The molecule has 0 radical (unpaired) electrons. The monoisotopic (exact) mass is 439 g/mol. The van der Waals surface area contributed by atoms with Gasteiger partial charge in [-0.05, 0) is 69.4 Å². The molecule has 1 fully saturated rings. The molecule has 0 spiro atoms. The van der Waals surface area contributed by atoms with Gasteiger partial charge in [-0.3, -0.25) is 9.36 Å². The van der Waals surface area contributed by atoms with Crippen LogP contribution in [-0.2, 0) is 18.8 Å². The van der Waals surface area contributed by atoms with Crippen molar-refractivity contribution >= 4 is 13.5 Å². The van der Waals surface area contributed by atoms with Gasteiger partial charge in [0.2, 0.25) is 0 Å². The number of nitrogens with one attached hydrogen (secondary N) is 1. The molecule has 0 bridgehead atoms. The van der Waals surface area contributed by atoms with Gasteiger partial charge in [-0.15, -0.1) is 0 Å². The third kappa shape index (κ3) is 6.83. The minimum atomic E-state index is -3.53. The summed E-state index contributed by atoms with van der Waals surface area (Å²) in [5, 5.41) is 2.89. The second-order valence-electron chi connectivity index (χ2n) is 8.77. The third-order valence-electron chi connectivity index (χ3n) is 5.32. The molecule has 7 heteroatoms. The minimum absolute atomic E-state index is 0.119. The Kier molecular flexibility index (Phi) is 8.96. The van der Waals surface area contributed by atoms with Crippen LogP contribution < -0.4 is 9.61 Å². The molecule has 0 aliphatic heterocycles. The topological polar surface area (TPSA) is 73.9 Å². The van der Waals surface area contributed by atoms with E-state index in [1.165, 1.54) is 12.8 Å². The van der Waals surface area contributed by atoms with Gasteiger partial charge in [-0.2, -0.15) is 0 Å². The van der Waals surface area contributed by atoms with Crippen LogP contribution in [0.4, 0.5) is 0 Å². The number of hydrogen-bond acceptors (Lipinski definition) is 5. The Hall–Kier alpha value is -1.36. The van der Waals surface area contributed by atoms with Crippen molar-refractivity contribution < 1.29 is 23.4 Å². The summed E-state index contributed by atoms with van der Waals surface area (Å²) in [5.74, 6) is 1.35. The lowest BCUT2D eigenvalue weighted by Gasteiger charge is -2.28. The third-order valence-corrected chi connectivity index (χ3v) is 7.10. The molecule has 1 aromatic rings. The van der Waals surface area contributed by atoms with E-state index < -0.39 is 19.5 Å². The molecule has 1 aromatic carbocycles. The van der Waals surface area contributed by atoms with Crippen molar-refractivity contribution in [2.24, 2.45) is 5.92 Å². The van der Waals surface area contributed by atoms with Gasteiger partial charge in [0, 0.05) is 6.61 Å². The number of benzene rings is 1. The zero-order chi connectivity index (χ0) is 22.5. The fraction of sp³-hybridized carbons (Fsp3) is 0.696. The highest BCUT2D eigenvalue weighted by Crippen LogP contribution is 2.51. The van der Waals surface area contributed by atoms with Crippen molar-refractivity contribution in [3.8, 4) is 5.75 Å². The van der Waals surface area contributed by atoms with Crippen molar-refractivity contribution in [1.82, 2.24) is 5.09 Å². The quantitative estimate of drug-likeness (QED) is 0.327. The zero-order valence-corrected chi connectivity index (χ0v) is 20.3. The first-order valence-corrected chi connectivity index (χ1v) is 12.9. The maximum Gasteiger partial charge on any atom is 0.342 e. The first-order valence-electron chi connectivity index (χ1n) is 11.1. The van der Waals surface area contributed by atoms with E-state index in [9.17, 15) is 9.36 Å². The Bertz CT molecular complexity index is 760. The van der Waals surface area contributed by atoms with Crippen LogP contribution in [0.25, 0.3) is 0 Å². The minimum Gasteiger partial charge on any atom is -0.462 e. The molecular weight excluding hydrogens is 401 g/mol. The summed E-state index contributed by atoms with van der Waals surface area (Å²) < 4.78 is 30.8. The maximum absolute atomic E-state index is 13.8. The van der Waals surface area contributed by atoms with Crippen LogP contribution in [0, 0.1) is 5.92 Å². The lowest BCUT2D eigenvalue weighted by Crippen LogP contribution is -2.36. The fourth-order valence-electron chi connectivity index (χ4n) is 3.47. The van der Waals surface area contributed by atoms with Crippen molar-refractivity contribution in [2.75, 3.05) is 13.0 Å². The van der Waals surface area contributed by atoms with E-state index in [1.807, 2.05) is 19.1 Å². The largest absolute Gasteiger partial charge is 0.462 e. The van der Waals surface area contributed by atoms with Crippen LogP contribution in [0.1, 0.15) is 84.3 Å². The molecule has 1 aliphatic rings. The van der Waals surface area contributed by atoms with Gasteiger partial charge in [0.15, 0.2) is 0 Å². The number of rotatable bonds is 12. The summed E-state index contributed by atoms with van der Waals surface area (Å²) in [4.78, 5) is 12.3. The molecular formula is C23H38NO5P. The molecule has 3 atom stereocenters. The summed E-state index contributed by atoms with van der Waals surface area (Å²) in [7, 11) is -3.53. The van der Waals surface area contributed by atoms with Gasteiger partial charge >= 0.3 is 13.5 Å². The molecule has 0 amide bonds. The highest BCUT2D eigenvalue weighted by molar-refractivity contribution is 7.57. The Balaban J connectivity index is 2.37. The molecule has 1 aliphatic carbocycles. The molecule has 0 saturated heterocycles. The average molecular weight is 440 g/mol. The van der Waals surface area contributed by atoms with E-state index in [2.05, 4.69) is 31.9 Å². The molecule has 1 saturated carbocycles. The molecule has 1 N–H and O–H groups in total. The van der Waals surface area contributed by atoms with Crippen LogP contribution in [0.5, 0.6) is 5.75 Å². The lowest BCUT2D eigenvalue weighted by molar-refractivity contribution is -0.149. The number of para-hydroxylation sites is 1. The number of esters is 1. The van der Waals surface area contributed by atoms with Gasteiger partial charge in [-0.25, -0.2) is 5.09 Å². The van der Waals surface area contributed by atoms with E-state index in [-0.39, 0.29) is 18.4 Å². The Morgan fingerprint density at radius 3 is 2.30 bits per heavy atom. The lowest BCUT2D eigenvalue weighted by atomic mass is 9.90. The van der Waals surface area contributed by atoms with Crippen LogP contribution in [0.3, 0.4) is 0 Å². The predicted molar refractivity (Wildman–Crippen MR) is 120 cm³/mol. The normalized spacial score (nSPS) is 18.2. The van der Waals surface area contributed by atoms with Crippen LogP contribution in [0.2, 0.25) is 0 Å². The second kappa shape index (κ2) is 10.8. The maximum atomic E-state index is 13.8. The van der Waals surface area contributed by atoms with Crippen LogP contribution in [0.15, 0.2) is 18.2 Å². The first kappa shape index (κ1) is 24.9. The van der Waals surface area contributed by atoms with Crippen molar-refractivity contribution in [3.05, 3.63) is 29.3 Å². The predicted octanol–water partition coefficient (Wildman–Crippen LogP) is 5.82. The van der Waals surface area contributed by atoms with Gasteiger partial charge < -0.3 is 14.0 Å². The van der Waals surface area contributed by atoms with Crippen molar-refractivity contribution in [3.63, 3.8) is 0 Å². The van der Waals surface area contributed by atoms with Gasteiger partial charge in [0.25, 0.3) is 0 Å². The van der Waals surface area contributed by atoms with E-state index in [0.29, 0.717) is 24.2 Å². The first-order chi connectivity index (χ1) is 14.1. The van der Waals surface area contributed by atoms with E-state index >= 15 is 0 Å². The van der Waals surface area contributed by atoms with Gasteiger partial charge in [-0.1, -0.05) is 39.0 Å². The number of carbonyl (C=O) groups excluding carboxylic acids is 1. The summed E-state index contributed by atoms with van der Waals surface area (Å²) in [6.07, 6.45) is 2.05. The highest BCUT2D eigenvalue weighted by Gasteiger charge is 2.36. The summed E-state index contributed by atoms with van der Waals surface area (Å²) in [5.41, 5.74) is 2.08. The SMILES string of the molecule is CCOCP(=O)(NC(C)C(=O)OC(C)C)Oc1c(C(C)C)cccc1C(C)C1CC1. The molecule has 0 aromatic heterocycles. The van der Waals surface area contributed by atoms with E-state index in [1.54, 1.807) is 20.8 Å². The average Bonchev–Trinajstić information content (AvgIpc) is 3.50. The van der Waals surface area contributed by atoms with Crippen molar-refractivity contribution in [1.29, 1.82) is 0 Å². The Morgan fingerprint density at radius 2 is 1.77 bits per heavy atom. The smallest absolute Gasteiger partial charge is 0.342 e. The standard InChI is InChI=1S/C23H38NO5P/c1-8-27-14-30(26,24-18(7)23(25)28-16(4)5)29-22-20(15(2)3)10-9-11-21(22)17(6)19-12-13-19/h9-11,15-19H,8,12-14H2,1-7H3,(H,24,26). The molecule has 0 heterocycles. The van der Waals surface area contributed by atoms with Crippen LogP contribution in [-0.4, -0.2) is 31.1 Å². The summed E-state index contributed by atoms with van der Waals surface area (Å²) >= 11 is 0. The molecule has 2 rings (SSSR count). The highest BCUT2D eigenvalue weighted by atomic mass is 31.2. The molecule has 6 nitrogen and oxygen atoms in total.